The van der Waals surface area contributed by atoms with Crippen LogP contribution in [0, 0.1) is 40.9 Å². The van der Waals surface area contributed by atoms with Gasteiger partial charge in [0, 0.05) is 24.5 Å². The number of nitriles is 3. The highest BCUT2D eigenvalue weighted by molar-refractivity contribution is 7.19. The number of nitrogens with one attached hydrogen (secondary N) is 1. The van der Waals surface area contributed by atoms with Gasteiger partial charge < -0.3 is 10.2 Å². The predicted molar refractivity (Wildman–Crippen MR) is 122 cm³/mol. The monoisotopic (exact) mass is 443 g/mol. The summed E-state index contributed by atoms with van der Waals surface area (Å²) in [5, 5.41) is 30.2. The number of hydrogen-bond donors (Lipinski definition) is 1. The summed E-state index contributed by atoms with van der Waals surface area (Å²) in [6, 6.07) is 10.9. The van der Waals surface area contributed by atoms with Crippen molar-refractivity contribution in [2.75, 3.05) is 12.4 Å². The number of aryl methyl sites for hydroxylation is 1. The van der Waals surface area contributed by atoms with E-state index in [4.69, 9.17) is 10.5 Å². The number of carbonyl (C=O) groups excluding carboxylic acids is 1. The Labute approximate surface area is 189 Å². The van der Waals surface area contributed by atoms with Crippen molar-refractivity contribution in [2.24, 2.45) is 0 Å². The number of nitrogens with zero attached hydrogens (tertiary/aromatic N) is 6. The highest BCUT2D eigenvalue weighted by Gasteiger charge is 2.27. The minimum absolute atomic E-state index is 0.0229. The van der Waals surface area contributed by atoms with E-state index in [9.17, 15) is 10.1 Å². The summed E-state index contributed by atoms with van der Waals surface area (Å²) in [6.07, 6.45) is 5.65. The number of amides is 1. The van der Waals surface area contributed by atoms with Crippen LogP contribution in [0.3, 0.4) is 0 Å². The zero-order valence-electron chi connectivity index (χ0n) is 17.8. The first kappa shape index (κ1) is 21.4. The standard InChI is InChI=1S/C23H21N7OS/c1-14-21(22(31)29(2)17-6-4-3-5-7-17)32-23-28-18-9-8-16(10-20(18)30(14)23)27-19(13-26)15(11-24)12-25/h8-10,17,27H,3-7H2,1-2H3. The van der Waals surface area contributed by atoms with Gasteiger partial charge in [-0.3, -0.25) is 9.20 Å². The number of benzene rings is 1. The van der Waals surface area contributed by atoms with Gasteiger partial charge in [0.15, 0.2) is 10.5 Å². The maximum atomic E-state index is 13.2. The van der Waals surface area contributed by atoms with E-state index in [-0.39, 0.29) is 23.2 Å². The third kappa shape index (κ3) is 3.66. The summed E-state index contributed by atoms with van der Waals surface area (Å²) in [5.41, 5.74) is 2.52. The number of carbonyl (C=O) groups is 1. The average molecular weight is 444 g/mol. The molecule has 0 saturated heterocycles. The fourth-order valence-corrected chi connectivity index (χ4v) is 5.33. The van der Waals surface area contributed by atoms with Crippen LogP contribution in [0.15, 0.2) is 29.5 Å². The number of allylic oxidation sites excluding steroid dienone is 2. The quantitative estimate of drug-likeness (QED) is 0.593. The van der Waals surface area contributed by atoms with Crippen LogP contribution < -0.4 is 5.32 Å². The molecule has 0 aliphatic heterocycles. The second-order valence-corrected chi connectivity index (χ2v) is 8.85. The molecule has 1 aliphatic carbocycles. The van der Waals surface area contributed by atoms with Gasteiger partial charge in [-0.25, -0.2) is 4.98 Å². The predicted octanol–water partition coefficient (Wildman–Crippen LogP) is 4.50. The molecule has 1 N–H and O–H groups in total. The van der Waals surface area contributed by atoms with Gasteiger partial charge in [-0.1, -0.05) is 30.6 Å². The Morgan fingerprint density at radius 2 is 1.91 bits per heavy atom. The third-order valence-electron chi connectivity index (χ3n) is 5.97. The van der Waals surface area contributed by atoms with Gasteiger partial charge in [0.25, 0.3) is 5.91 Å². The lowest BCUT2D eigenvalue weighted by atomic mass is 9.94. The van der Waals surface area contributed by atoms with Gasteiger partial charge >= 0.3 is 0 Å². The molecule has 1 amide bonds. The molecule has 2 heterocycles. The van der Waals surface area contributed by atoms with Gasteiger partial charge in [-0.2, -0.15) is 15.8 Å². The van der Waals surface area contributed by atoms with E-state index in [0.29, 0.717) is 10.6 Å². The molecule has 0 spiro atoms. The molecule has 1 aromatic carbocycles. The molecular weight excluding hydrogens is 422 g/mol. The first-order valence-corrected chi connectivity index (χ1v) is 11.2. The van der Waals surface area contributed by atoms with Gasteiger partial charge in [-0.05, 0) is 38.0 Å². The van der Waals surface area contributed by atoms with Gasteiger partial charge in [0.05, 0.1) is 11.0 Å². The summed E-state index contributed by atoms with van der Waals surface area (Å²) in [6.45, 7) is 1.91. The van der Waals surface area contributed by atoms with E-state index in [0.717, 1.165) is 47.4 Å². The number of fused-ring (bicyclic) bond motifs is 3. The van der Waals surface area contributed by atoms with Crippen molar-refractivity contribution in [3.8, 4) is 18.2 Å². The fraction of sp³-hybridized carbons (Fsp3) is 0.348. The zero-order valence-corrected chi connectivity index (χ0v) is 18.7. The Morgan fingerprint density at radius 3 is 2.56 bits per heavy atom. The van der Waals surface area contributed by atoms with Crippen molar-refractivity contribution >= 4 is 38.9 Å². The van der Waals surface area contributed by atoms with Gasteiger partial charge in [-0.15, -0.1) is 0 Å². The van der Waals surface area contributed by atoms with Gasteiger partial charge in [0.2, 0.25) is 0 Å². The molecule has 1 fully saturated rings. The number of thiazole rings is 1. The molecule has 2 aromatic heterocycles. The van der Waals surface area contributed by atoms with Crippen LogP contribution in [-0.4, -0.2) is 33.3 Å². The zero-order chi connectivity index (χ0) is 22.8. The second-order valence-electron chi connectivity index (χ2n) is 7.87. The average Bonchev–Trinajstić information content (AvgIpc) is 3.34. The summed E-state index contributed by atoms with van der Waals surface area (Å²) in [4.78, 5) is 21.2. The lowest BCUT2D eigenvalue weighted by Crippen LogP contribution is -2.38. The van der Waals surface area contributed by atoms with Crippen LogP contribution in [0.1, 0.15) is 47.5 Å². The van der Waals surface area contributed by atoms with E-state index in [1.54, 1.807) is 30.3 Å². The Kier molecular flexibility index (Phi) is 5.81. The lowest BCUT2D eigenvalue weighted by Gasteiger charge is -2.31. The Bertz CT molecular complexity index is 1350. The molecule has 3 aromatic rings. The van der Waals surface area contributed by atoms with Crippen molar-refractivity contribution in [2.45, 2.75) is 45.1 Å². The summed E-state index contributed by atoms with van der Waals surface area (Å²) >= 11 is 1.38. The summed E-state index contributed by atoms with van der Waals surface area (Å²) in [5.74, 6) is 0.0229. The SMILES string of the molecule is Cc1c(C(=O)N(C)C2CCCCC2)sc2nc3ccc(NC(C#N)=C(C#N)C#N)cc3n12. The van der Waals surface area contributed by atoms with E-state index in [2.05, 4.69) is 10.3 Å². The van der Waals surface area contributed by atoms with E-state index >= 15 is 0 Å². The molecular formula is C23H21N7OS. The van der Waals surface area contributed by atoms with E-state index in [1.165, 1.54) is 17.8 Å². The Hall–Kier alpha value is -3.87. The topological polar surface area (TPSA) is 121 Å². The smallest absolute Gasteiger partial charge is 0.265 e. The number of rotatable bonds is 4. The van der Waals surface area contributed by atoms with E-state index in [1.807, 2.05) is 29.3 Å². The molecule has 8 nitrogen and oxygen atoms in total. The van der Waals surface area contributed by atoms with Crippen molar-refractivity contribution in [3.63, 3.8) is 0 Å². The van der Waals surface area contributed by atoms with Crippen molar-refractivity contribution in [1.82, 2.24) is 14.3 Å². The molecule has 0 unspecified atom stereocenters. The molecule has 9 heteroatoms. The molecule has 160 valence electrons. The Balaban J connectivity index is 1.72. The van der Waals surface area contributed by atoms with Crippen LogP contribution in [-0.2, 0) is 0 Å². The van der Waals surface area contributed by atoms with Crippen LogP contribution in [0.5, 0.6) is 0 Å². The van der Waals surface area contributed by atoms with Crippen molar-refractivity contribution < 1.29 is 4.79 Å². The number of anilines is 1. The van der Waals surface area contributed by atoms with Crippen LogP contribution in [0.4, 0.5) is 5.69 Å². The highest BCUT2D eigenvalue weighted by atomic mass is 32.1. The normalized spacial score (nSPS) is 13.8. The van der Waals surface area contributed by atoms with Crippen LogP contribution >= 0.6 is 11.3 Å². The first-order valence-electron chi connectivity index (χ1n) is 10.4. The van der Waals surface area contributed by atoms with E-state index < -0.39 is 0 Å². The number of imidazole rings is 1. The summed E-state index contributed by atoms with van der Waals surface area (Å²) < 4.78 is 1.94. The number of aromatic nitrogens is 2. The molecule has 0 atom stereocenters. The van der Waals surface area contributed by atoms with Gasteiger partial charge in [0.1, 0.15) is 28.8 Å². The van der Waals surface area contributed by atoms with Crippen LogP contribution in [0.25, 0.3) is 16.0 Å². The van der Waals surface area contributed by atoms with Crippen LogP contribution in [0.2, 0.25) is 0 Å². The maximum Gasteiger partial charge on any atom is 0.265 e. The lowest BCUT2D eigenvalue weighted by molar-refractivity contribution is 0.0700. The van der Waals surface area contributed by atoms with Crippen molar-refractivity contribution in [1.29, 1.82) is 15.8 Å². The largest absolute Gasteiger partial charge is 0.345 e. The molecule has 32 heavy (non-hydrogen) atoms. The number of hydrogen-bond acceptors (Lipinski definition) is 7. The Morgan fingerprint density at radius 1 is 1.19 bits per heavy atom. The second kappa shape index (κ2) is 8.70. The molecule has 4 rings (SSSR count). The third-order valence-corrected chi connectivity index (χ3v) is 7.10. The first-order chi connectivity index (χ1) is 15.5. The fourth-order valence-electron chi connectivity index (χ4n) is 4.21. The maximum absolute atomic E-state index is 13.2. The molecule has 1 saturated carbocycles. The molecule has 1 aliphatic rings. The molecule has 0 radical (unpaired) electrons. The molecule has 0 bridgehead atoms. The highest BCUT2D eigenvalue weighted by Crippen LogP contribution is 2.31. The van der Waals surface area contributed by atoms with Crippen molar-refractivity contribution in [3.05, 3.63) is 40.0 Å². The minimum atomic E-state index is -0.281. The summed E-state index contributed by atoms with van der Waals surface area (Å²) in [7, 11) is 1.89. The minimum Gasteiger partial charge on any atom is -0.345 e.